The maximum Gasteiger partial charge on any atom is 0.273 e. The zero-order valence-corrected chi connectivity index (χ0v) is 19.2. The van der Waals surface area contributed by atoms with Gasteiger partial charge in [0.05, 0.1) is 0 Å². The summed E-state index contributed by atoms with van der Waals surface area (Å²) in [5.74, 6) is -1.02. The predicted octanol–water partition coefficient (Wildman–Crippen LogP) is 3.77. The number of nitrogens with one attached hydrogen (secondary N) is 1. The average molecular weight is 469 g/mol. The van der Waals surface area contributed by atoms with Gasteiger partial charge in [-0.2, -0.15) is 0 Å². The van der Waals surface area contributed by atoms with Gasteiger partial charge in [0.15, 0.2) is 0 Å². The van der Waals surface area contributed by atoms with Crippen molar-refractivity contribution in [1.29, 1.82) is 0 Å². The molecule has 2 aromatic carbocycles. The molecule has 1 N–H and O–H groups in total. The quantitative estimate of drug-likeness (QED) is 0.572. The molecule has 2 heterocycles. The van der Waals surface area contributed by atoms with Gasteiger partial charge in [-0.25, -0.2) is 13.1 Å². The van der Waals surface area contributed by atoms with Gasteiger partial charge in [-0.05, 0) is 35.9 Å². The van der Waals surface area contributed by atoms with Gasteiger partial charge in [0.25, 0.3) is 15.9 Å². The summed E-state index contributed by atoms with van der Waals surface area (Å²) in [6, 6.07) is 22.6. The first-order valence-corrected chi connectivity index (χ1v) is 12.7. The fourth-order valence-electron chi connectivity index (χ4n) is 3.98. The topological polar surface area (TPSA) is 83.6 Å². The van der Waals surface area contributed by atoms with Crippen LogP contribution in [0.3, 0.4) is 0 Å². The second kappa shape index (κ2) is 8.88. The minimum Gasteiger partial charge on any atom is -0.328 e. The number of amides is 2. The molecule has 1 aliphatic heterocycles. The van der Waals surface area contributed by atoms with Gasteiger partial charge < -0.3 is 4.90 Å². The van der Waals surface area contributed by atoms with E-state index in [-0.39, 0.29) is 22.5 Å². The third-order valence-corrected chi connectivity index (χ3v) is 8.71. The minimum atomic E-state index is -3.95. The van der Waals surface area contributed by atoms with E-state index >= 15 is 0 Å². The molecule has 2 amide bonds. The lowest BCUT2D eigenvalue weighted by Gasteiger charge is -2.49. The molecule has 0 aliphatic carbocycles. The lowest BCUT2D eigenvalue weighted by atomic mass is 9.83. The van der Waals surface area contributed by atoms with E-state index < -0.39 is 21.5 Å². The van der Waals surface area contributed by atoms with Crippen molar-refractivity contribution in [3.8, 4) is 0 Å². The Morgan fingerprint density at radius 3 is 2.06 bits per heavy atom. The highest BCUT2D eigenvalue weighted by molar-refractivity contribution is 7.92. The Hall–Kier alpha value is -2.97. The van der Waals surface area contributed by atoms with Crippen LogP contribution in [0.25, 0.3) is 0 Å². The Labute approximate surface area is 191 Å². The van der Waals surface area contributed by atoms with E-state index in [2.05, 4.69) is 4.72 Å². The summed E-state index contributed by atoms with van der Waals surface area (Å²) in [5, 5.41) is 1.63. The summed E-state index contributed by atoms with van der Waals surface area (Å²) in [4.78, 5) is 27.7. The SMILES string of the molecule is CC1(C(=O)NS(=O)(=O)c2cccs2)CCN1C(=O)CC(c1ccccc1)c1ccccc1. The third kappa shape index (κ3) is 4.33. The highest BCUT2D eigenvalue weighted by Crippen LogP contribution is 2.35. The first-order valence-electron chi connectivity index (χ1n) is 10.3. The number of rotatable bonds is 7. The minimum absolute atomic E-state index is 0.0693. The Morgan fingerprint density at radius 2 is 1.59 bits per heavy atom. The zero-order valence-electron chi connectivity index (χ0n) is 17.6. The van der Waals surface area contributed by atoms with Crippen LogP contribution in [0.1, 0.15) is 36.8 Å². The van der Waals surface area contributed by atoms with Gasteiger partial charge in [0.1, 0.15) is 9.75 Å². The van der Waals surface area contributed by atoms with Gasteiger partial charge >= 0.3 is 0 Å². The summed E-state index contributed by atoms with van der Waals surface area (Å²) in [7, 11) is -3.95. The Balaban J connectivity index is 1.52. The number of benzene rings is 2. The molecular formula is C24H24N2O4S2. The summed E-state index contributed by atoms with van der Waals surface area (Å²) in [5.41, 5.74) is 0.831. The summed E-state index contributed by atoms with van der Waals surface area (Å²) in [6.45, 7) is 2.03. The standard InChI is InChI=1S/C24H24N2O4S2/c1-24(23(28)25-32(29,30)22-13-8-16-31-22)14-15-26(24)21(27)17-20(18-9-4-2-5-10-18)19-11-6-3-7-12-19/h2-13,16,20H,14-15,17H2,1H3,(H,25,28). The molecule has 0 spiro atoms. The van der Waals surface area contributed by atoms with Crippen molar-refractivity contribution >= 4 is 33.2 Å². The van der Waals surface area contributed by atoms with Crippen molar-refractivity contribution in [3.63, 3.8) is 0 Å². The molecule has 1 fully saturated rings. The van der Waals surface area contributed by atoms with E-state index in [1.54, 1.807) is 18.4 Å². The molecule has 8 heteroatoms. The van der Waals surface area contributed by atoms with E-state index in [9.17, 15) is 18.0 Å². The monoisotopic (exact) mass is 468 g/mol. The molecule has 166 valence electrons. The number of carbonyl (C=O) groups excluding carboxylic acids is 2. The van der Waals surface area contributed by atoms with Crippen LogP contribution >= 0.6 is 11.3 Å². The smallest absolute Gasteiger partial charge is 0.273 e. The molecule has 1 aromatic heterocycles. The van der Waals surface area contributed by atoms with Crippen molar-refractivity contribution in [2.24, 2.45) is 0 Å². The van der Waals surface area contributed by atoms with Crippen LogP contribution in [0.2, 0.25) is 0 Å². The highest BCUT2D eigenvalue weighted by atomic mass is 32.2. The van der Waals surface area contributed by atoms with E-state index in [0.717, 1.165) is 22.5 Å². The van der Waals surface area contributed by atoms with Crippen molar-refractivity contribution in [2.45, 2.75) is 35.4 Å². The number of sulfonamides is 1. The first kappa shape index (κ1) is 22.2. The van der Waals surface area contributed by atoms with Gasteiger partial charge in [-0.3, -0.25) is 9.59 Å². The maximum absolute atomic E-state index is 13.3. The molecule has 0 bridgehead atoms. The number of nitrogens with zero attached hydrogens (tertiary/aromatic N) is 1. The van der Waals surface area contributed by atoms with Crippen LogP contribution in [0.15, 0.2) is 82.4 Å². The lowest BCUT2D eigenvalue weighted by molar-refractivity contribution is -0.156. The molecule has 0 radical (unpaired) electrons. The van der Waals surface area contributed by atoms with E-state index in [1.165, 1.54) is 11.0 Å². The van der Waals surface area contributed by atoms with Crippen LogP contribution < -0.4 is 4.72 Å². The summed E-state index contributed by atoms with van der Waals surface area (Å²) < 4.78 is 27.2. The average Bonchev–Trinajstić information content (AvgIpc) is 3.33. The second-order valence-electron chi connectivity index (χ2n) is 8.01. The van der Waals surface area contributed by atoms with Crippen molar-refractivity contribution < 1.29 is 18.0 Å². The van der Waals surface area contributed by atoms with Crippen LogP contribution in [-0.4, -0.2) is 37.2 Å². The van der Waals surface area contributed by atoms with Crippen molar-refractivity contribution in [2.75, 3.05) is 6.54 Å². The van der Waals surface area contributed by atoms with E-state index in [4.69, 9.17) is 0 Å². The normalized spacial score (nSPS) is 18.2. The fraction of sp³-hybridized carbons (Fsp3) is 0.250. The molecule has 1 unspecified atom stereocenters. The summed E-state index contributed by atoms with van der Waals surface area (Å²) >= 11 is 1.04. The van der Waals surface area contributed by atoms with Crippen LogP contribution in [-0.2, 0) is 19.6 Å². The second-order valence-corrected chi connectivity index (χ2v) is 10.9. The summed E-state index contributed by atoms with van der Waals surface area (Å²) in [6.07, 6.45) is 0.598. The van der Waals surface area contributed by atoms with Crippen LogP contribution in [0, 0.1) is 0 Å². The van der Waals surface area contributed by atoms with Crippen molar-refractivity contribution in [1.82, 2.24) is 9.62 Å². The highest BCUT2D eigenvalue weighted by Gasteiger charge is 2.50. The van der Waals surface area contributed by atoms with Crippen LogP contribution in [0.4, 0.5) is 0 Å². The number of hydrogen-bond acceptors (Lipinski definition) is 5. The fourth-order valence-corrected chi connectivity index (χ4v) is 6.05. The number of hydrogen-bond donors (Lipinski definition) is 1. The molecule has 1 saturated heterocycles. The number of thiophene rings is 1. The van der Waals surface area contributed by atoms with Gasteiger partial charge in [-0.15, -0.1) is 11.3 Å². The largest absolute Gasteiger partial charge is 0.328 e. The van der Waals surface area contributed by atoms with Gasteiger partial charge in [0.2, 0.25) is 5.91 Å². The molecule has 1 atom stereocenters. The molecule has 32 heavy (non-hydrogen) atoms. The van der Waals surface area contributed by atoms with Gasteiger partial charge in [0, 0.05) is 18.9 Å². The molecule has 3 aromatic rings. The van der Waals surface area contributed by atoms with Gasteiger partial charge in [-0.1, -0.05) is 66.7 Å². The zero-order chi connectivity index (χ0) is 22.8. The molecule has 4 rings (SSSR count). The first-order chi connectivity index (χ1) is 15.3. The number of likely N-dealkylation sites (tertiary alicyclic amines) is 1. The third-order valence-electron chi connectivity index (χ3n) is 5.98. The molecular weight excluding hydrogens is 444 g/mol. The molecule has 1 aliphatic rings. The van der Waals surface area contributed by atoms with E-state index in [0.29, 0.717) is 13.0 Å². The molecule has 6 nitrogen and oxygen atoms in total. The maximum atomic E-state index is 13.3. The van der Waals surface area contributed by atoms with Crippen LogP contribution in [0.5, 0.6) is 0 Å². The predicted molar refractivity (Wildman–Crippen MR) is 124 cm³/mol. The van der Waals surface area contributed by atoms with E-state index in [1.807, 2.05) is 60.7 Å². The Bertz CT molecular complexity index is 1160. The van der Waals surface area contributed by atoms with Crippen molar-refractivity contribution in [3.05, 3.63) is 89.3 Å². The Kier molecular flexibility index (Phi) is 6.17. The Morgan fingerprint density at radius 1 is 1.00 bits per heavy atom. The molecule has 0 saturated carbocycles. The lowest BCUT2D eigenvalue weighted by Crippen LogP contribution is -2.67. The number of carbonyl (C=O) groups is 2.